The Morgan fingerprint density at radius 3 is 2.19 bits per heavy atom. The van der Waals surface area contributed by atoms with E-state index >= 15 is 0 Å². The number of carbonyl (C=O) groups excluding carboxylic acids is 1. The smallest absolute Gasteiger partial charge is 0.358 e. The third kappa shape index (κ3) is 4.45. The average molecular weight is 314 g/mol. The Kier molecular flexibility index (Phi) is 5.24. The van der Waals surface area contributed by atoms with E-state index < -0.39 is 27.6 Å². The van der Waals surface area contributed by atoms with Crippen LogP contribution in [0.1, 0.15) is 5.56 Å². The highest BCUT2D eigenvalue weighted by Gasteiger charge is 2.19. The Balaban J connectivity index is 2.99. The number of carbonyl (C=O) groups is 1. The number of aryl methyl sites for hydroxylation is 1. The van der Waals surface area contributed by atoms with E-state index in [-0.39, 0.29) is 4.90 Å². The van der Waals surface area contributed by atoms with Crippen LogP contribution in [0.5, 0.6) is 0 Å². The molecular weight excluding hydrogens is 300 g/mol. The van der Waals surface area contributed by atoms with E-state index in [0.717, 1.165) is 12.7 Å². The summed E-state index contributed by atoms with van der Waals surface area (Å²) in [5.41, 5.74) is 10.7. The van der Waals surface area contributed by atoms with Gasteiger partial charge in [-0.05, 0) is 24.2 Å². The van der Waals surface area contributed by atoms with E-state index in [2.05, 4.69) is 19.4 Å². The van der Waals surface area contributed by atoms with Crippen molar-refractivity contribution >= 4 is 27.6 Å². The monoisotopic (exact) mass is 314 g/mol. The summed E-state index contributed by atoms with van der Waals surface area (Å²) in [7, 11) is -3.01. The molecule has 0 radical (unpaired) electrons. The van der Waals surface area contributed by atoms with Gasteiger partial charge in [-0.1, -0.05) is 22.9 Å². The largest absolute Gasteiger partial charge is 0.398 e. The molecule has 9 nitrogen and oxygen atoms in total. The van der Waals surface area contributed by atoms with Gasteiger partial charge in [-0.15, -0.1) is 0 Å². The third-order valence-corrected chi connectivity index (χ3v) is 3.32. The van der Waals surface area contributed by atoms with Gasteiger partial charge in [-0.25, -0.2) is 0 Å². The second kappa shape index (κ2) is 6.70. The minimum absolute atomic E-state index is 0.117. The van der Waals surface area contributed by atoms with E-state index in [1.807, 2.05) is 0 Å². The Morgan fingerprint density at radius 1 is 1.14 bits per heavy atom. The molecule has 114 valence electrons. The van der Waals surface area contributed by atoms with Gasteiger partial charge >= 0.3 is 10.1 Å². The molecule has 10 heteroatoms. The quantitative estimate of drug-likeness (QED) is 0.409. The lowest BCUT2D eigenvalue weighted by molar-refractivity contribution is -0.112. The van der Waals surface area contributed by atoms with Gasteiger partial charge in [0, 0.05) is 0 Å². The first-order valence-electron chi connectivity index (χ1n) is 5.53. The molecule has 1 rings (SSSR count). The minimum atomic E-state index is -4.16. The summed E-state index contributed by atoms with van der Waals surface area (Å²) in [5.74, 6) is -1.67. The lowest BCUT2D eigenvalue weighted by Crippen LogP contribution is -2.36. The van der Waals surface area contributed by atoms with Gasteiger partial charge < -0.3 is 16.3 Å². The van der Waals surface area contributed by atoms with E-state index in [0.29, 0.717) is 0 Å². The molecule has 0 unspecified atom stereocenters. The molecule has 0 heterocycles. The predicted molar refractivity (Wildman–Crippen MR) is 74.7 cm³/mol. The van der Waals surface area contributed by atoms with Crippen molar-refractivity contribution in [3.63, 3.8) is 0 Å². The summed E-state index contributed by atoms with van der Waals surface area (Å²) < 4.78 is 28.0. The molecule has 1 amide bonds. The molecule has 0 spiro atoms. The van der Waals surface area contributed by atoms with Gasteiger partial charge in [0.15, 0.2) is 5.84 Å². The van der Waals surface area contributed by atoms with Crippen LogP contribution >= 0.6 is 0 Å². The maximum atomic E-state index is 11.8. The standard InChI is InChI=1S/C11H14N4O5S/c1-7-3-5-8(6-4-7)21(17,18)20-15-10(12)9(11(13)16)14-19-2/h3-6H,1-2H3,(H2,12,15)(H2,13,16)/b14-9-. The molecule has 1 aromatic rings. The summed E-state index contributed by atoms with van der Waals surface area (Å²) in [6, 6.07) is 5.86. The SMILES string of the molecule is CO/N=C(C(N)=O)/C(N)=N/OS(=O)(=O)c1ccc(C)cc1. The van der Waals surface area contributed by atoms with Crippen molar-refractivity contribution in [2.75, 3.05) is 7.11 Å². The molecule has 0 saturated heterocycles. The molecule has 0 aliphatic carbocycles. The molecule has 0 atom stereocenters. The molecular formula is C11H14N4O5S. The fourth-order valence-corrected chi connectivity index (χ4v) is 1.92. The Morgan fingerprint density at radius 2 is 1.71 bits per heavy atom. The fourth-order valence-electron chi connectivity index (χ4n) is 1.19. The predicted octanol–water partition coefficient (Wildman–Crippen LogP) is -0.540. The normalized spacial score (nSPS) is 12.9. The molecule has 4 N–H and O–H groups in total. The topological polar surface area (TPSA) is 146 Å². The molecule has 21 heavy (non-hydrogen) atoms. The first-order chi connectivity index (χ1) is 9.77. The maximum absolute atomic E-state index is 11.8. The highest BCUT2D eigenvalue weighted by Crippen LogP contribution is 2.13. The number of amides is 1. The summed E-state index contributed by atoms with van der Waals surface area (Å²) >= 11 is 0. The number of nitrogens with two attached hydrogens (primary N) is 2. The first kappa shape index (κ1) is 16.4. The van der Waals surface area contributed by atoms with Crippen LogP contribution in [-0.2, 0) is 24.0 Å². The van der Waals surface area contributed by atoms with Crippen molar-refractivity contribution in [1.29, 1.82) is 0 Å². The van der Waals surface area contributed by atoms with Crippen LogP contribution < -0.4 is 11.5 Å². The van der Waals surface area contributed by atoms with Crippen LogP contribution in [0.15, 0.2) is 39.5 Å². The zero-order valence-electron chi connectivity index (χ0n) is 11.3. The van der Waals surface area contributed by atoms with Crippen LogP contribution in [0.4, 0.5) is 0 Å². The molecule has 0 fully saturated rings. The second-order valence-electron chi connectivity index (χ2n) is 3.80. The first-order valence-corrected chi connectivity index (χ1v) is 6.94. The van der Waals surface area contributed by atoms with Gasteiger partial charge in [0.1, 0.15) is 12.0 Å². The van der Waals surface area contributed by atoms with Gasteiger partial charge in [0.25, 0.3) is 5.91 Å². The number of benzene rings is 1. The average Bonchev–Trinajstić information content (AvgIpc) is 2.42. The summed E-state index contributed by atoms with van der Waals surface area (Å²) in [6.07, 6.45) is 0. The van der Waals surface area contributed by atoms with Crippen molar-refractivity contribution < 1.29 is 22.3 Å². The zero-order chi connectivity index (χ0) is 16.0. The Bertz CT molecular complexity index is 679. The third-order valence-electron chi connectivity index (χ3n) is 2.20. The maximum Gasteiger partial charge on any atom is 0.358 e. The summed E-state index contributed by atoms with van der Waals surface area (Å²) in [6.45, 7) is 1.80. The van der Waals surface area contributed by atoms with Crippen LogP contribution in [0.25, 0.3) is 0 Å². The lowest BCUT2D eigenvalue weighted by Gasteiger charge is -2.03. The van der Waals surface area contributed by atoms with E-state index in [4.69, 9.17) is 11.5 Å². The summed E-state index contributed by atoms with van der Waals surface area (Å²) in [4.78, 5) is 15.2. The number of oxime groups is 2. The number of rotatable bonds is 6. The summed E-state index contributed by atoms with van der Waals surface area (Å²) in [5, 5.41) is 6.35. The van der Waals surface area contributed by atoms with E-state index in [1.165, 1.54) is 12.1 Å². The van der Waals surface area contributed by atoms with Crippen LogP contribution in [0.2, 0.25) is 0 Å². The van der Waals surface area contributed by atoms with Crippen molar-refractivity contribution in [2.24, 2.45) is 21.8 Å². The van der Waals surface area contributed by atoms with Crippen molar-refractivity contribution in [3.05, 3.63) is 29.8 Å². The van der Waals surface area contributed by atoms with Crippen molar-refractivity contribution in [1.82, 2.24) is 0 Å². The number of hydrogen-bond donors (Lipinski definition) is 2. The lowest BCUT2D eigenvalue weighted by atomic mass is 10.2. The van der Waals surface area contributed by atoms with Gasteiger partial charge in [0.05, 0.1) is 0 Å². The molecule has 0 saturated carbocycles. The highest BCUT2D eigenvalue weighted by molar-refractivity contribution is 7.86. The van der Waals surface area contributed by atoms with Crippen LogP contribution in [0.3, 0.4) is 0 Å². The van der Waals surface area contributed by atoms with E-state index in [1.54, 1.807) is 19.1 Å². The van der Waals surface area contributed by atoms with Gasteiger partial charge in [-0.3, -0.25) is 9.08 Å². The van der Waals surface area contributed by atoms with Crippen LogP contribution in [0, 0.1) is 6.92 Å². The zero-order valence-corrected chi connectivity index (χ0v) is 12.1. The number of hydrogen-bond acceptors (Lipinski definition) is 7. The Hall–Kier alpha value is -2.62. The minimum Gasteiger partial charge on any atom is -0.398 e. The van der Waals surface area contributed by atoms with Gasteiger partial charge in [0.2, 0.25) is 5.71 Å². The van der Waals surface area contributed by atoms with E-state index in [9.17, 15) is 13.2 Å². The van der Waals surface area contributed by atoms with Crippen LogP contribution in [-0.4, -0.2) is 33.0 Å². The number of primary amides is 1. The van der Waals surface area contributed by atoms with Crippen molar-refractivity contribution in [2.45, 2.75) is 11.8 Å². The fraction of sp³-hybridized carbons (Fsp3) is 0.182. The molecule has 0 bridgehead atoms. The highest BCUT2D eigenvalue weighted by atomic mass is 32.2. The molecule has 0 aliphatic heterocycles. The Labute approximate surface area is 121 Å². The molecule has 1 aromatic carbocycles. The molecule has 0 aliphatic rings. The second-order valence-corrected chi connectivity index (χ2v) is 5.33. The number of amidine groups is 1. The number of nitrogens with zero attached hydrogens (tertiary/aromatic N) is 2. The molecule has 0 aromatic heterocycles. The van der Waals surface area contributed by atoms with Crippen molar-refractivity contribution in [3.8, 4) is 0 Å². The van der Waals surface area contributed by atoms with Gasteiger partial charge in [-0.2, -0.15) is 8.42 Å².